The molecule has 28 heavy (non-hydrogen) atoms. The molecule has 0 saturated carbocycles. The monoisotopic (exact) mass is 390 g/mol. The number of H-pyrrole nitrogens is 1. The number of amides is 1. The number of anilines is 1. The molecule has 1 aliphatic heterocycles. The Hall–Kier alpha value is -2.99. The van der Waals surface area contributed by atoms with Crippen molar-refractivity contribution in [1.29, 1.82) is 0 Å². The molecule has 1 aromatic heterocycles. The number of fused-ring (bicyclic) bond motifs is 1. The highest BCUT2D eigenvalue weighted by atomic mass is 32.2. The van der Waals surface area contributed by atoms with Crippen LogP contribution in [-0.2, 0) is 11.2 Å². The highest BCUT2D eigenvalue weighted by Crippen LogP contribution is 2.26. The number of hydrogen-bond donors (Lipinski definition) is 2. The molecule has 0 bridgehead atoms. The minimum Gasteiger partial charge on any atom is -0.378 e. The second-order valence-electron chi connectivity index (χ2n) is 6.87. The Bertz CT molecular complexity index is 1030. The van der Waals surface area contributed by atoms with Gasteiger partial charge in [0.25, 0.3) is 5.91 Å². The highest BCUT2D eigenvalue weighted by molar-refractivity contribution is 8.18. The summed E-state index contributed by atoms with van der Waals surface area (Å²) in [5.74, 6) is -0.0916. The third kappa shape index (κ3) is 4.12. The van der Waals surface area contributed by atoms with Crippen LogP contribution in [0.15, 0.2) is 64.5 Å². The van der Waals surface area contributed by atoms with Crippen LogP contribution in [0.3, 0.4) is 0 Å². The number of aromatic nitrogens is 1. The summed E-state index contributed by atoms with van der Waals surface area (Å²) >= 11 is 1.39. The van der Waals surface area contributed by atoms with Gasteiger partial charge in [-0.05, 0) is 53.1 Å². The van der Waals surface area contributed by atoms with Gasteiger partial charge in [0.2, 0.25) is 0 Å². The standard InChI is InChI=1S/C22H22N4OS/c1-26(2)18-9-7-15(8-10-18)13-20-21(27)25-22(28-20)23-12-11-17-14-16-5-3-4-6-19(16)24-17/h3-10,13-14,24H,11-12H2,1-2H3,(H,23,25,27). The maximum Gasteiger partial charge on any atom is 0.264 e. The first-order valence-electron chi connectivity index (χ1n) is 9.18. The van der Waals surface area contributed by atoms with E-state index >= 15 is 0 Å². The highest BCUT2D eigenvalue weighted by Gasteiger charge is 2.23. The number of carbonyl (C=O) groups is 1. The van der Waals surface area contributed by atoms with Gasteiger partial charge in [-0.15, -0.1) is 0 Å². The molecule has 3 aromatic rings. The Kier molecular flexibility index (Phi) is 5.21. The molecular formula is C22H22N4OS. The third-order valence-corrected chi connectivity index (χ3v) is 5.53. The fourth-order valence-electron chi connectivity index (χ4n) is 3.07. The van der Waals surface area contributed by atoms with Gasteiger partial charge in [-0.3, -0.25) is 9.79 Å². The molecule has 6 heteroatoms. The number of para-hydroxylation sites is 1. The first kappa shape index (κ1) is 18.4. The summed E-state index contributed by atoms with van der Waals surface area (Å²) in [5.41, 5.74) is 4.42. The lowest BCUT2D eigenvalue weighted by atomic mass is 10.2. The van der Waals surface area contributed by atoms with Crippen LogP contribution in [0.1, 0.15) is 11.3 Å². The maximum absolute atomic E-state index is 12.2. The topological polar surface area (TPSA) is 60.5 Å². The van der Waals surface area contributed by atoms with Gasteiger partial charge in [-0.1, -0.05) is 30.3 Å². The van der Waals surface area contributed by atoms with Crippen molar-refractivity contribution >= 4 is 45.5 Å². The molecule has 0 spiro atoms. The lowest BCUT2D eigenvalue weighted by molar-refractivity contribution is -0.115. The van der Waals surface area contributed by atoms with E-state index in [1.165, 1.54) is 17.1 Å². The lowest BCUT2D eigenvalue weighted by Gasteiger charge is -2.11. The van der Waals surface area contributed by atoms with Crippen LogP contribution in [0.5, 0.6) is 0 Å². The molecule has 2 N–H and O–H groups in total. The molecule has 1 aliphatic rings. The largest absolute Gasteiger partial charge is 0.378 e. The van der Waals surface area contributed by atoms with Crippen LogP contribution < -0.4 is 10.2 Å². The molecule has 4 rings (SSSR count). The van der Waals surface area contributed by atoms with Gasteiger partial charge in [-0.25, -0.2) is 0 Å². The summed E-state index contributed by atoms with van der Waals surface area (Å²) in [7, 11) is 4.01. The second-order valence-corrected chi connectivity index (χ2v) is 7.90. The van der Waals surface area contributed by atoms with Gasteiger partial charge >= 0.3 is 0 Å². The second kappa shape index (κ2) is 7.94. The molecule has 2 heterocycles. The number of hydrogen-bond acceptors (Lipinski definition) is 4. The molecule has 0 radical (unpaired) electrons. The van der Waals surface area contributed by atoms with Crippen molar-refractivity contribution in [2.24, 2.45) is 4.99 Å². The molecule has 5 nitrogen and oxygen atoms in total. The third-order valence-electron chi connectivity index (χ3n) is 4.58. The summed E-state index contributed by atoms with van der Waals surface area (Å²) in [6.07, 6.45) is 2.71. The van der Waals surface area contributed by atoms with Gasteiger partial charge < -0.3 is 15.2 Å². The van der Waals surface area contributed by atoms with Gasteiger partial charge in [0, 0.05) is 44.0 Å². The predicted octanol–water partition coefficient (Wildman–Crippen LogP) is 4.04. The number of rotatable bonds is 5. The van der Waals surface area contributed by atoms with Crippen molar-refractivity contribution < 1.29 is 4.79 Å². The fraction of sp³-hybridized carbons (Fsp3) is 0.182. The summed E-state index contributed by atoms with van der Waals surface area (Å²) in [6, 6.07) is 18.5. The molecule has 0 atom stereocenters. The number of nitrogens with one attached hydrogen (secondary N) is 2. The van der Waals surface area contributed by atoms with E-state index in [-0.39, 0.29) is 5.91 Å². The number of aliphatic imine (C=N–C) groups is 1. The molecule has 1 fully saturated rings. The first-order valence-corrected chi connectivity index (χ1v) is 9.99. The van der Waals surface area contributed by atoms with Crippen LogP contribution >= 0.6 is 11.8 Å². The van der Waals surface area contributed by atoms with Crippen LogP contribution in [-0.4, -0.2) is 36.7 Å². The Morgan fingerprint density at radius 2 is 1.89 bits per heavy atom. The smallest absolute Gasteiger partial charge is 0.264 e. The van der Waals surface area contributed by atoms with E-state index in [0.29, 0.717) is 16.6 Å². The van der Waals surface area contributed by atoms with Crippen molar-refractivity contribution in [3.8, 4) is 0 Å². The Labute approximate surface area is 168 Å². The summed E-state index contributed by atoms with van der Waals surface area (Å²) in [5, 5.41) is 4.73. The van der Waals surface area contributed by atoms with E-state index in [4.69, 9.17) is 0 Å². The molecular weight excluding hydrogens is 368 g/mol. The molecule has 0 aliphatic carbocycles. The minimum absolute atomic E-state index is 0.0916. The molecule has 2 aromatic carbocycles. The number of aromatic amines is 1. The number of carbonyl (C=O) groups excluding carboxylic acids is 1. The molecule has 1 amide bonds. The first-order chi connectivity index (χ1) is 13.6. The summed E-state index contributed by atoms with van der Waals surface area (Å²) in [6.45, 7) is 0.625. The Balaban J connectivity index is 1.39. The molecule has 0 unspecified atom stereocenters. The van der Waals surface area contributed by atoms with Gasteiger partial charge in [-0.2, -0.15) is 0 Å². The van der Waals surface area contributed by atoms with Crippen LogP contribution in [0, 0.1) is 0 Å². The van der Waals surface area contributed by atoms with Crippen LogP contribution in [0.2, 0.25) is 0 Å². The average Bonchev–Trinajstić information content (AvgIpc) is 3.25. The minimum atomic E-state index is -0.0916. The van der Waals surface area contributed by atoms with Crippen molar-refractivity contribution in [1.82, 2.24) is 10.3 Å². The van der Waals surface area contributed by atoms with E-state index in [0.717, 1.165) is 28.9 Å². The van der Waals surface area contributed by atoms with Crippen molar-refractivity contribution in [3.05, 3.63) is 70.8 Å². The van der Waals surface area contributed by atoms with E-state index < -0.39 is 0 Å². The van der Waals surface area contributed by atoms with Gasteiger partial charge in [0.15, 0.2) is 5.17 Å². The van der Waals surface area contributed by atoms with Crippen molar-refractivity contribution in [3.63, 3.8) is 0 Å². The normalized spacial score (nSPS) is 16.9. The quantitative estimate of drug-likeness (QED) is 0.647. The van der Waals surface area contributed by atoms with Crippen molar-refractivity contribution in [2.45, 2.75) is 6.42 Å². The Morgan fingerprint density at radius 3 is 2.64 bits per heavy atom. The lowest BCUT2D eigenvalue weighted by Crippen LogP contribution is -2.20. The van der Waals surface area contributed by atoms with Gasteiger partial charge in [0.1, 0.15) is 0 Å². The maximum atomic E-state index is 12.2. The van der Waals surface area contributed by atoms with E-state index in [2.05, 4.69) is 33.5 Å². The average molecular weight is 391 g/mol. The van der Waals surface area contributed by atoms with Crippen LogP contribution in [0.4, 0.5) is 5.69 Å². The zero-order chi connectivity index (χ0) is 19.5. The number of thioether (sulfide) groups is 1. The van der Waals surface area contributed by atoms with E-state index in [1.807, 2.05) is 61.5 Å². The summed E-state index contributed by atoms with van der Waals surface area (Å²) < 4.78 is 0. The number of nitrogens with zero attached hydrogens (tertiary/aromatic N) is 2. The SMILES string of the molecule is CN(C)c1ccc(C=C2SC(=NCCc3cc4ccccc4[nH]3)NC2=O)cc1. The zero-order valence-electron chi connectivity index (χ0n) is 15.9. The zero-order valence-corrected chi connectivity index (χ0v) is 16.7. The van der Waals surface area contributed by atoms with Gasteiger partial charge in [0.05, 0.1) is 4.91 Å². The van der Waals surface area contributed by atoms with Crippen molar-refractivity contribution in [2.75, 3.05) is 25.5 Å². The predicted molar refractivity (Wildman–Crippen MR) is 119 cm³/mol. The molecule has 1 saturated heterocycles. The van der Waals surface area contributed by atoms with Crippen LogP contribution in [0.25, 0.3) is 17.0 Å². The Morgan fingerprint density at radius 1 is 1.11 bits per heavy atom. The fourth-order valence-corrected chi connectivity index (χ4v) is 3.91. The van der Waals surface area contributed by atoms with E-state index in [9.17, 15) is 4.79 Å². The number of amidine groups is 1. The summed E-state index contributed by atoms with van der Waals surface area (Å²) in [4.78, 5) is 22.9. The van der Waals surface area contributed by atoms with E-state index in [1.54, 1.807) is 0 Å². The number of benzene rings is 2. The molecule has 142 valence electrons.